The molecular weight excluding hydrogens is 262 g/mol. The lowest BCUT2D eigenvalue weighted by Crippen LogP contribution is -2.21. The number of nitro groups is 1. The monoisotopic (exact) mass is 271 g/mol. The Morgan fingerprint density at radius 1 is 1.67 bits per heavy atom. The lowest BCUT2D eigenvalue weighted by atomic mass is 10.3. The molecule has 1 aliphatic carbocycles. The van der Waals surface area contributed by atoms with Crippen LogP contribution in [-0.2, 0) is 0 Å². The SMILES string of the molecule is CN(c1ncc(Br)cc1[N+](=O)[O-])C1CC1. The van der Waals surface area contributed by atoms with E-state index in [1.54, 1.807) is 6.20 Å². The smallest absolute Gasteiger partial charge is 0.312 e. The lowest BCUT2D eigenvalue weighted by Gasteiger charge is -2.16. The van der Waals surface area contributed by atoms with Gasteiger partial charge < -0.3 is 4.90 Å². The molecule has 1 saturated carbocycles. The van der Waals surface area contributed by atoms with Crippen LogP contribution < -0.4 is 4.90 Å². The normalized spacial score (nSPS) is 15.1. The number of anilines is 1. The van der Waals surface area contributed by atoms with Crippen molar-refractivity contribution in [2.24, 2.45) is 0 Å². The molecule has 0 saturated heterocycles. The van der Waals surface area contributed by atoms with Gasteiger partial charge in [0, 0.05) is 29.8 Å². The van der Waals surface area contributed by atoms with Gasteiger partial charge in [-0.25, -0.2) is 4.98 Å². The van der Waals surface area contributed by atoms with E-state index in [1.165, 1.54) is 6.07 Å². The van der Waals surface area contributed by atoms with Crippen molar-refractivity contribution < 1.29 is 4.92 Å². The quantitative estimate of drug-likeness (QED) is 0.626. The topological polar surface area (TPSA) is 59.3 Å². The van der Waals surface area contributed by atoms with Crippen LogP contribution >= 0.6 is 15.9 Å². The first kappa shape index (κ1) is 10.4. The molecule has 15 heavy (non-hydrogen) atoms. The number of hydrogen-bond donors (Lipinski definition) is 0. The highest BCUT2D eigenvalue weighted by Gasteiger charge is 2.31. The molecule has 1 aromatic rings. The summed E-state index contributed by atoms with van der Waals surface area (Å²) >= 11 is 3.18. The Kier molecular flexibility index (Phi) is 2.60. The first-order valence-corrected chi connectivity index (χ1v) is 5.41. The van der Waals surface area contributed by atoms with Gasteiger partial charge in [0.15, 0.2) is 0 Å². The van der Waals surface area contributed by atoms with Crippen molar-refractivity contribution in [1.29, 1.82) is 0 Å². The van der Waals surface area contributed by atoms with Crippen LogP contribution in [-0.4, -0.2) is 23.0 Å². The molecule has 0 aliphatic heterocycles. The highest BCUT2D eigenvalue weighted by Crippen LogP contribution is 2.34. The van der Waals surface area contributed by atoms with Gasteiger partial charge in [-0.3, -0.25) is 10.1 Å². The maximum atomic E-state index is 10.8. The minimum atomic E-state index is -0.397. The Labute approximate surface area is 95.4 Å². The van der Waals surface area contributed by atoms with Gasteiger partial charge in [-0.15, -0.1) is 0 Å². The highest BCUT2D eigenvalue weighted by atomic mass is 79.9. The van der Waals surface area contributed by atoms with Gasteiger partial charge in [0.05, 0.1) is 4.92 Å². The van der Waals surface area contributed by atoms with Gasteiger partial charge in [0.2, 0.25) is 5.82 Å². The minimum Gasteiger partial charge on any atom is -0.351 e. The largest absolute Gasteiger partial charge is 0.351 e. The van der Waals surface area contributed by atoms with Crippen LogP contribution in [0.15, 0.2) is 16.7 Å². The molecule has 0 spiro atoms. The molecule has 0 atom stereocenters. The van der Waals surface area contributed by atoms with E-state index < -0.39 is 4.92 Å². The summed E-state index contributed by atoms with van der Waals surface area (Å²) in [5, 5.41) is 10.8. The van der Waals surface area contributed by atoms with Crippen LogP contribution in [0, 0.1) is 10.1 Å². The van der Waals surface area contributed by atoms with Gasteiger partial charge in [-0.1, -0.05) is 0 Å². The molecule has 1 fully saturated rings. The summed E-state index contributed by atoms with van der Waals surface area (Å²) < 4.78 is 0.627. The average Bonchev–Trinajstić information content (AvgIpc) is 2.99. The van der Waals surface area contributed by atoms with Crippen molar-refractivity contribution in [2.75, 3.05) is 11.9 Å². The third-order valence-electron chi connectivity index (χ3n) is 2.44. The van der Waals surface area contributed by atoms with Crippen molar-refractivity contribution in [3.05, 3.63) is 26.9 Å². The van der Waals surface area contributed by atoms with E-state index in [0.29, 0.717) is 16.3 Å². The number of rotatable bonds is 3. The number of halogens is 1. The van der Waals surface area contributed by atoms with Crippen LogP contribution in [0.1, 0.15) is 12.8 Å². The molecule has 0 N–H and O–H groups in total. The van der Waals surface area contributed by atoms with Crippen LogP contribution in [0.4, 0.5) is 11.5 Å². The number of pyridine rings is 1. The Balaban J connectivity index is 2.40. The number of aromatic nitrogens is 1. The summed E-state index contributed by atoms with van der Waals surface area (Å²) in [4.78, 5) is 16.4. The van der Waals surface area contributed by atoms with Gasteiger partial charge in [0.1, 0.15) is 0 Å². The summed E-state index contributed by atoms with van der Waals surface area (Å²) in [7, 11) is 1.85. The zero-order valence-electron chi connectivity index (χ0n) is 8.18. The first-order chi connectivity index (χ1) is 7.09. The van der Waals surface area contributed by atoms with E-state index in [4.69, 9.17) is 0 Å². The van der Waals surface area contributed by atoms with Crippen molar-refractivity contribution in [1.82, 2.24) is 4.98 Å². The fourth-order valence-corrected chi connectivity index (χ4v) is 1.78. The molecular formula is C9H10BrN3O2. The second-order valence-corrected chi connectivity index (χ2v) is 4.51. The van der Waals surface area contributed by atoms with E-state index >= 15 is 0 Å². The number of nitrogens with zero attached hydrogens (tertiary/aromatic N) is 3. The predicted molar refractivity (Wildman–Crippen MR) is 60.0 cm³/mol. The summed E-state index contributed by atoms with van der Waals surface area (Å²) in [6.07, 6.45) is 3.76. The molecule has 2 rings (SSSR count). The third kappa shape index (κ3) is 2.09. The summed E-state index contributed by atoms with van der Waals surface area (Å²) in [5.41, 5.74) is 0.0544. The molecule has 1 aliphatic rings. The maximum absolute atomic E-state index is 10.8. The Bertz CT molecular complexity index is 406. The minimum absolute atomic E-state index is 0.0544. The fraction of sp³-hybridized carbons (Fsp3) is 0.444. The Morgan fingerprint density at radius 2 is 2.33 bits per heavy atom. The first-order valence-electron chi connectivity index (χ1n) is 4.62. The fourth-order valence-electron chi connectivity index (χ4n) is 1.46. The standard InChI is InChI=1S/C9H10BrN3O2/c1-12(7-2-3-7)9-8(13(14)15)4-6(10)5-11-9/h4-5,7H,2-3H2,1H3. The molecule has 0 radical (unpaired) electrons. The summed E-state index contributed by atoms with van der Waals surface area (Å²) in [6.45, 7) is 0. The Hall–Kier alpha value is -1.17. The van der Waals surface area contributed by atoms with E-state index in [9.17, 15) is 10.1 Å². The van der Waals surface area contributed by atoms with Gasteiger partial charge in [0.25, 0.3) is 0 Å². The lowest BCUT2D eigenvalue weighted by molar-refractivity contribution is -0.384. The van der Waals surface area contributed by atoms with Gasteiger partial charge >= 0.3 is 5.69 Å². The zero-order chi connectivity index (χ0) is 11.0. The van der Waals surface area contributed by atoms with Crippen LogP contribution in [0.25, 0.3) is 0 Å². The van der Waals surface area contributed by atoms with Crippen molar-refractivity contribution in [2.45, 2.75) is 18.9 Å². The molecule has 0 unspecified atom stereocenters. The van der Waals surface area contributed by atoms with Crippen LogP contribution in [0.5, 0.6) is 0 Å². The van der Waals surface area contributed by atoms with Gasteiger partial charge in [-0.2, -0.15) is 0 Å². The van der Waals surface area contributed by atoms with Crippen molar-refractivity contribution >= 4 is 27.4 Å². The second kappa shape index (κ2) is 3.77. The van der Waals surface area contributed by atoms with E-state index in [-0.39, 0.29) is 5.69 Å². The molecule has 1 aromatic heterocycles. The average molecular weight is 272 g/mol. The number of hydrogen-bond acceptors (Lipinski definition) is 4. The molecule has 5 nitrogen and oxygen atoms in total. The molecule has 0 amide bonds. The molecule has 80 valence electrons. The second-order valence-electron chi connectivity index (χ2n) is 3.60. The summed E-state index contributed by atoms with van der Waals surface area (Å²) in [5.74, 6) is 0.450. The zero-order valence-corrected chi connectivity index (χ0v) is 9.77. The molecule has 1 heterocycles. The van der Waals surface area contributed by atoms with Crippen LogP contribution in [0.2, 0.25) is 0 Å². The predicted octanol–water partition coefficient (Wildman–Crippen LogP) is 2.35. The maximum Gasteiger partial charge on any atom is 0.312 e. The van der Waals surface area contributed by atoms with E-state index in [0.717, 1.165) is 12.8 Å². The Morgan fingerprint density at radius 3 is 2.87 bits per heavy atom. The van der Waals surface area contributed by atoms with Crippen LogP contribution in [0.3, 0.4) is 0 Å². The molecule has 0 aromatic carbocycles. The van der Waals surface area contributed by atoms with E-state index in [1.807, 2.05) is 11.9 Å². The summed E-state index contributed by atoms with van der Waals surface area (Å²) in [6, 6.07) is 1.90. The van der Waals surface area contributed by atoms with Crippen molar-refractivity contribution in [3.8, 4) is 0 Å². The van der Waals surface area contributed by atoms with Gasteiger partial charge in [-0.05, 0) is 28.8 Å². The third-order valence-corrected chi connectivity index (χ3v) is 2.87. The molecule has 6 heteroatoms. The van der Waals surface area contributed by atoms with Crippen molar-refractivity contribution in [3.63, 3.8) is 0 Å². The molecule has 0 bridgehead atoms. The highest BCUT2D eigenvalue weighted by molar-refractivity contribution is 9.10. The van der Waals surface area contributed by atoms with E-state index in [2.05, 4.69) is 20.9 Å².